The topological polar surface area (TPSA) is 121 Å². The van der Waals surface area contributed by atoms with E-state index in [1.165, 1.54) is 54.6 Å². The summed E-state index contributed by atoms with van der Waals surface area (Å²) in [5.41, 5.74) is 3.63. The van der Waals surface area contributed by atoms with Crippen LogP contribution in [0, 0.1) is 20.8 Å². The number of nitrogens with one attached hydrogen (secondary N) is 3. The van der Waals surface area contributed by atoms with E-state index in [0.29, 0.717) is 11.4 Å². The van der Waals surface area contributed by atoms with Crippen molar-refractivity contribution in [2.45, 2.75) is 30.6 Å². The van der Waals surface area contributed by atoms with Gasteiger partial charge in [-0.15, -0.1) is 0 Å². The van der Waals surface area contributed by atoms with Gasteiger partial charge in [0.15, 0.2) is 0 Å². The fourth-order valence-corrected chi connectivity index (χ4v) is 6.03. The van der Waals surface area contributed by atoms with Gasteiger partial charge in [0.05, 0.1) is 26.1 Å². The van der Waals surface area contributed by atoms with Crippen molar-refractivity contribution in [2.75, 3.05) is 14.8 Å². The predicted octanol–water partition coefficient (Wildman–Crippen LogP) is 6.12. The molecule has 0 radical (unpaired) electrons. The largest absolute Gasteiger partial charge is 0.322 e. The molecule has 0 aliphatic rings. The van der Waals surface area contributed by atoms with Crippen molar-refractivity contribution in [3.8, 4) is 0 Å². The first kappa shape index (κ1) is 28.2. The Bertz CT molecular complexity index is 1750. The number of benzene rings is 4. The van der Waals surface area contributed by atoms with Crippen molar-refractivity contribution < 1.29 is 21.6 Å². The molecular formula is C28H26ClN3O5S2. The highest BCUT2D eigenvalue weighted by Crippen LogP contribution is 2.26. The molecule has 0 fully saturated rings. The Labute approximate surface area is 233 Å². The number of aryl methyl sites for hydroxylation is 3. The molecule has 0 aromatic heterocycles. The van der Waals surface area contributed by atoms with Gasteiger partial charge < -0.3 is 5.32 Å². The van der Waals surface area contributed by atoms with Crippen molar-refractivity contribution in [1.82, 2.24) is 0 Å². The molecule has 0 aliphatic carbocycles. The molecule has 0 saturated carbocycles. The average Bonchev–Trinajstić information content (AvgIpc) is 2.87. The van der Waals surface area contributed by atoms with E-state index in [1.54, 1.807) is 18.2 Å². The fourth-order valence-electron chi connectivity index (χ4n) is 3.66. The average molecular weight is 584 g/mol. The smallest absolute Gasteiger partial charge is 0.261 e. The highest BCUT2D eigenvalue weighted by Gasteiger charge is 2.19. The fraction of sp³-hybridized carbons (Fsp3) is 0.107. The molecule has 0 bridgehead atoms. The SMILES string of the molecule is Cc1ccc(S(=O)(=O)Nc2ccc(Cl)c(C(=O)Nc3ccc(S(=O)(=O)Nc4cc(C)ccc4C)cc3)c2)cc1. The van der Waals surface area contributed by atoms with Crippen LogP contribution in [0.25, 0.3) is 0 Å². The summed E-state index contributed by atoms with van der Waals surface area (Å²) in [5.74, 6) is -0.597. The first-order valence-electron chi connectivity index (χ1n) is 11.7. The van der Waals surface area contributed by atoms with Crippen molar-refractivity contribution in [1.29, 1.82) is 0 Å². The molecule has 0 unspecified atom stereocenters. The standard InChI is InChI=1S/C28H26ClN3O5S2/c1-18-5-11-23(12-6-18)38(34,35)31-22-10-15-26(29)25(17-22)28(33)30-21-8-13-24(14-9-21)39(36,37)32-27-16-19(2)4-7-20(27)3/h4-17,31-32H,1-3H3,(H,30,33). The zero-order valence-corrected chi connectivity index (χ0v) is 23.7. The first-order chi connectivity index (χ1) is 18.3. The zero-order chi connectivity index (χ0) is 28.4. The molecule has 0 heterocycles. The van der Waals surface area contributed by atoms with Gasteiger partial charge >= 0.3 is 0 Å². The second-order valence-electron chi connectivity index (χ2n) is 9.02. The lowest BCUT2D eigenvalue weighted by atomic mass is 10.1. The Morgan fingerprint density at radius 1 is 0.641 bits per heavy atom. The number of rotatable bonds is 8. The number of sulfonamides is 2. The quantitative estimate of drug-likeness (QED) is 0.231. The molecule has 3 N–H and O–H groups in total. The molecule has 4 rings (SSSR count). The van der Waals surface area contributed by atoms with Gasteiger partial charge in [-0.3, -0.25) is 14.2 Å². The summed E-state index contributed by atoms with van der Waals surface area (Å²) in [4.78, 5) is 13.0. The lowest BCUT2D eigenvalue weighted by Gasteiger charge is -2.13. The van der Waals surface area contributed by atoms with Gasteiger partial charge in [0.2, 0.25) is 0 Å². The lowest BCUT2D eigenvalue weighted by Crippen LogP contribution is -2.16. The summed E-state index contributed by atoms with van der Waals surface area (Å²) in [6.07, 6.45) is 0. The minimum Gasteiger partial charge on any atom is -0.322 e. The molecule has 0 spiro atoms. The third kappa shape index (κ3) is 6.78. The Morgan fingerprint density at radius 3 is 1.82 bits per heavy atom. The molecule has 0 atom stereocenters. The molecule has 1 amide bonds. The highest BCUT2D eigenvalue weighted by molar-refractivity contribution is 7.93. The van der Waals surface area contributed by atoms with E-state index >= 15 is 0 Å². The van der Waals surface area contributed by atoms with Gasteiger partial charge in [-0.2, -0.15) is 0 Å². The van der Waals surface area contributed by atoms with Crippen molar-refractivity contribution >= 4 is 54.6 Å². The molecular weight excluding hydrogens is 558 g/mol. The summed E-state index contributed by atoms with van der Waals surface area (Å²) < 4.78 is 56.2. The van der Waals surface area contributed by atoms with Crippen LogP contribution in [0.2, 0.25) is 5.02 Å². The molecule has 39 heavy (non-hydrogen) atoms. The number of halogens is 1. The van der Waals surface area contributed by atoms with Crippen molar-refractivity contribution in [3.05, 3.63) is 112 Å². The summed E-state index contributed by atoms with van der Waals surface area (Å²) in [7, 11) is -7.73. The molecule has 8 nitrogen and oxygen atoms in total. The van der Waals surface area contributed by atoms with Crippen molar-refractivity contribution in [3.63, 3.8) is 0 Å². The van der Waals surface area contributed by atoms with Gasteiger partial charge in [0.25, 0.3) is 26.0 Å². The number of amides is 1. The summed E-state index contributed by atoms with van der Waals surface area (Å²) in [6, 6.07) is 21.7. The molecule has 202 valence electrons. The van der Waals surface area contributed by atoms with Gasteiger partial charge in [0.1, 0.15) is 0 Å². The van der Waals surface area contributed by atoms with E-state index in [-0.39, 0.29) is 26.1 Å². The first-order valence-corrected chi connectivity index (χ1v) is 15.1. The zero-order valence-electron chi connectivity index (χ0n) is 21.3. The van der Waals surface area contributed by atoms with Gasteiger partial charge in [-0.25, -0.2) is 16.8 Å². The maximum absolute atomic E-state index is 12.9. The monoisotopic (exact) mass is 583 g/mol. The second kappa shape index (κ2) is 11.1. The van der Waals surface area contributed by atoms with Crippen molar-refractivity contribution in [2.24, 2.45) is 0 Å². The maximum Gasteiger partial charge on any atom is 0.261 e. The lowest BCUT2D eigenvalue weighted by molar-refractivity contribution is 0.102. The van der Waals surface area contributed by atoms with E-state index in [0.717, 1.165) is 16.7 Å². The number of hydrogen-bond donors (Lipinski definition) is 3. The van der Waals surface area contributed by atoms with Crippen LogP contribution in [-0.4, -0.2) is 22.7 Å². The Hall–Kier alpha value is -3.86. The minimum absolute atomic E-state index is 0.0203. The molecule has 4 aromatic carbocycles. The summed E-state index contributed by atoms with van der Waals surface area (Å²) in [5, 5.41) is 2.77. The van der Waals surface area contributed by atoms with Gasteiger partial charge in [-0.05, 0) is 92.6 Å². The number of carbonyl (C=O) groups is 1. The minimum atomic E-state index is -3.88. The molecule has 11 heteroatoms. The van der Waals surface area contributed by atoms with Crippen LogP contribution >= 0.6 is 11.6 Å². The summed E-state index contributed by atoms with van der Waals surface area (Å²) >= 11 is 6.22. The van der Waals surface area contributed by atoms with E-state index in [2.05, 4.69) is 14.8 Å². The number of hydrogen-bond acceptors (Lipinski definition) is 5. The predicted molar refractivity (Wildman–Crippen MR) is 155 cm³/mol. The molecule has 4 aromatic rings. The Balaban J connectivity index is 1.49. The van der Waals surface area contributed by atoms with Gasteiger partial charge in [-0.1, -0.05) is 41.4 Å². The van der Waals surface area contributed by atoms with E-state index in [1.807, 2.05) is 32.9 Å². The van der Waals surface area contributed by atoms with Crippen LogP contribution in [0.5, 0.6) is 0 Å². The third-order valence-electron chi connectivity index (χ3n) is 5.85. The van der Waals surface area contributed by atoms with Crippen LogP contribution in [0.1, 0.15) is 27.0 Å². The normalized spacial score (nSPS) is 11.6. The second-order valence-corrected chi connectivity index (χ2v) is 12.8. The Morgan fingerprint density at radius 2 is 1.18 bits per heavy atom. The van der Waals surface area contributed by atoms with Crippen LogP contribution in [-0.2, 0) is 20.0 Å². The molecule has 0 saturated heterocycles. The van der Waals surface area contributed by atoms with Crippen LogP contribution in [0.4, 0.5) is 17.1 Å². The highest BCUT2D eigenvalue weighted by atomic mass is 35.5. The summed E-state index contributed by atoms with van der Waals surface area (Å²) in [6.45, 7) is 5.53. The Kier molecular flexibility index (Phi) is 8.01. The number of anilines is 3. The van der Waals surface area contributed by atoms with Gasteiger partial charge in [0, 0.05) is 11.4 Å². The van der Waals surface area contributed by atoms with Crippen LogP contribution in [0.15, 0.2) is 94.7 Å². The third-order valence-corrected chi connectivity index (χ3v) is 8.96. The van der Waals surface area contributed by atoms with Crippen LogP contribution in [0.3, 0.4) is 0 Å². The maximum atomic E-state index is 12.9. The number of carbonyl (C=O) groups excluding carboxylic acids is 1. The van der Waals surface area contributed by atoms with Crippen LogP contribution < -0.4 is 14.8 Å². The van der Waals surface area contributed by atoms with E-state index < -0.39 is 26.0 Å². The van der Waals surface area contributed by atoms with E-state index in [4.69, 9.17) is 11.6 Å². The molecule has 0 aliphatic heterocycles. The van der Waals surface area contributed by atoms with E-state index in [9.17, 15) is 21.6 Å².